The van der Waals surface area contributed by atoms with Gasteiger partial charge in [0.05, 0.1) is 5.52 Å². The number of carboxylic acid groups (broad SMARTS) is 1. The van der Waals surface area contributed by atoms with Gasteiger partial charge in [-0.1, -0.05) is 91.0 Å². The third-order valence-corrected chi connectivity index (χ3v) is 7.29. The van der Waals surface area contributed by atoms with E-state index in [0.717, 1.165) is 49.8 Å². The zero-order valence-electron chi connectivity index (χ0n) is 21.1. The van der Waals surface area contributed by atoms with Gasteiger partial charge in [-0.3, -0.25) is 4.98 Å². The SMILES string of the molecule is O=C(N[C@@H](Cc1ccc(-c2ccnc3ccccc23)cc1)C(=O)O)OCC1c2ccccc2-c2ccccc21. The molecular weight excluding hydrogens is 488 g/mol. The molecule has 5 aromatic rings. The van der Waals surface area contributed by atoms with Crippen molar-refractivity contribution >= 4 is 23.0 Å². The number of fused-ring (bicyclic) bond motifs is 4. The summed E-state index contributed by atoms with van der Waals surface area (Å²) in [5, 5.41) is 13.4. The monoisotopic (exact) mass is 514 g/mol. The first-order chi connectivity index (χ1) is 19.1. The first-order valence-electron chi connectivity index (χ1n) is 12.9. The first kappa shape index (κ1) is 24.4. The summed E-state index contributed by atoms with van der Waals surface area (Å²) in [6.45, 7) is 0.126. The maximum absolute atomic E-state index is 12.7. The summed E-state index contributed by atoms with van der Waals surface area (Å²) >= 11 is 0. The van der Waals surface area contributed by atoms with E-state index >= 15 is 0 Å². The number of amides is 1. The summed E-state index contributed by atoms with van der Waals surface area (Å²) in [6.07, 6.45) is 1.17. The van der Waals surface area contributed by atoms with Gasteiger partial charge in [0, 0.05) is 23.9 Å². The van der Waals surface area contributed by atoms with E-state index in [9.17, 15) is 14.7 Å². The number of para-hydroxylation sites is 1. The summed E-state index contributed by atoms with van der Waals surface area (Å²) < 4.78 is 5.56. The number of hydrogen-bond acceptors (Lipinski definition) is 4. The summed E-state index contributed by atoms with van der Waals surface area (Å²) in [7, 11) is 0. The van der Waals surface area contributed by atoms with Gasteiger partial charge in [-0.05, 0) is 51.1 Å². The molecule has 1 aliphatic carbocycles. The van der Waals surface area contributed by atoms with Crippen LogP contribution in [0.5, 0.6) is 0 Å². The Morgan fingerprint density at radius 1 is 0.795 bits per heavy atom. The molecule has 0 saturated heterocycles. The highest BCUT2D eigenvalue weighted by molar-refractivity contribution is 5.94. The third kappa shape index (κ3) is 4.84. The number of nitrogens with zero attached hydrogens (tertiary/aromatic N) is 1. The van der Waals surface area contributed by atoms with Gasteiger partial charge in [0.15, 0.2) is 0 Å². The molecule has 0 radical (unpaired) electrons. The van der Waals surface area contributed by atoms with Gasteiger partial charge in [0.1, 0.15) is 12.6 Å². The second kappa shape index (κ2) is 10.4. The van der Waals surface area contributed by atoms with Crippen LogP contribution < -0.4 is 5.32 Å². The highest BCUT2D eigenvalue weighted by Gasteiger charge is 2.29. The van der Waals surface area contributed by atoms with E-state index in [1.807, 2.05) is 91.0 Å². The highest BCUT2D eigenvalue weighted by Crippen LogP contribution is 2.44. The van der Waals surface area contributed by atoms with E-state index in [0.29, 0.717) is 0 Å². The van der Waals surface area contributed by atoms with Crippen molar-refractivity contribution in [2.45, 2.75) is 18.4 Å². The summed E-state index contributed by atoms with van der Waals surface area (Å²) in [5.74, 6) is -1.21. The summed E-state index contributed by atoms with van der Waals surface area (Å²) in [6, 6.07) is 32.6. The molecule has 0 saturated carbocycles. The first-order valence-corrected chi connectivity index (χ1v) is 12.9. The van der Waals surface area contributed by atoms with Gasteiger partial charge < -0.3 is 15.2 Å². The fourth-order valence-electron chi connectivity index (χ4n) is 5.39. The van der Waals surface area contributed by atoms with Gasteiger partial charge in [-0.15, -0.1) is 0 Å². The molecule has 1 heterocycles. The van der Waals surface area contributed by atoms with Crippen LogP contribution in [0.15, 0.2) is 109 Å². The number of ether oxygens (including phenoxy) is 1. The van der Waals surface area contributed by atoms with E-state index in [2.05, 4.69) is 22.4 Å². The van der Waals surface area contributed by atoms with Gasteiger partial charge in [0.25, 0.3) is 0 Å². The Kier molecular flexibility index (Phi) is 6.51. The summed E-state index contributed by atoms with van der Waals surface area (Å²) in [5.41, 5.74) is 8.24. The molecule has 192 valence electrons. The number of carbonyl (C=O) groups is 2. The fourth-order valence-corrected chi connectivity index (χ4v) is 5.39. The van der Waals surface area contributed by atoms with Crippen molar-refractivity contribution in [3.8, 4) is 22.3 Å². The maximum atomic E-state index is 12.7. The van der Waals surface area contributed by atoms with Crippen LogP contribution >= 0.6 is 0 Å². The number of alkyl carbamates (subject to hydrolysis) is 1. The lowest BCUT2D eigenvalue weighted by Gasteiger charge is -2.18. The molecule has 1 atom stereocenters. The van der Waals surface area contributed by atoms with Crippen LogP contribution in [-0.2, 0) is 16.0 Å². The molecule has 1 aromatic heterocycles. The lowest BCUT2D eigenvalue weighted by atomic mass is 9.98. The molecule has 2 N–H and O–H groups in total. The number of benzene rings is 4. The Bertz CT molecular complexity index is 1630. The van der Waals surface area contributed by atoms with Crippen LogP contribution in [-0.4, -0.2) is 34.8 Å². The number of nitrogens with one attached hydrogen (secondary N) is 1. The molecule has 4 aromatic carbocycles. The Morgan fingerprint density at radius 2 is 1.44 bits per heavy atom. The van der Waals surface area contributed by atoms with Crippen molar-refractivity contribution in [1.82, 2.24) is 10.3 Å². The van der Waals surface area contributed by atoms with Crippen LogP contribution in [0.2, 0.25) is 0 Å². The summed E-state index contributed by atoms with van der Waals surface area (Å²) in [4.78, 5) is 29.1. The maximum Gasteiger partial charge on any atom is 0.407 e. The normalized spacial score (nSPS) is 12.9. The van der Waals surface area contributed by atoms with E-state index in [-0.39, 0.29) is 18.9 Å². The number of carboxylic acids is 1. The number of aromatic nitrogens is 1. The van der Waals surface area contributed by atoms with E-state index < -0.39 is 18.1 Å². The van der Waals surface area contributed by atoms with Gasteiger partial charge in [0.2, 0.25) is 0 Å². The second-order valence-electron chi connectivity index (χ2n) is 9.64. The molecule has 6 heteroatoms. The van der Waals surface area contributed by atoms with Crippen molar-refractivity contribution in [3.05, 3.63) is 126 Å². The molecule has 1 amide bonds. The highest BCUT2D eigenvalue weighted by atomic mass is 16.5. The van der Waals surface area contributed by atoms with Crippen LogP contribution in [0.25, 0.3) is 33.2 Å². The predicted octanol–water partition coefficient (Wildman–Crippen LogP) is 6.44. The minimum atomic E-state index is -1.12. The lowest BCUT2D eigenvalue weighted by molar-refractivity contribution is -0.139. The zero-order chi connectivity index (χ0) is 26.8. The standard InChI is InChI=1S/C33H26N2O4/c36-32(37)31(19-21-13-15-22(16-14-21)23-17-18-34-30-12-6-5-11-28(23)30)35-33(38)39-20-29-26-9-3-1-7-24(26)25-8-2-4-10-27(25)29/h1-18,29,31H,19-20H2,(H,35,38)(H,36,37)/t31-/m0/s1. The van der Waals surface area contributed by atoms with Crippen LogP contribution in [0, 0.1) is 0 Å². The molecule has 0 bridgehead atoms. The number of rotatable bonds is 7. The average Bonchev–Trinajstić information content (AvgIpc) is 3.29. The molecular formula is C33H26N2O4. The van der Waals surface area contributed by atoms with E-state index in [4.69, 9.17) is 4.74 Å². The minimum absolute atomic E-state index is 0.0942. The molecule has 0 unspecified atom stereocenters. The van der Waals surface area contributed by atoms with E-state index in [1.165, 1.54) is 0 Å². The molecule has 0 spiro atoms. The number of aliphatic carboxylic acids is 1. The predicted molar refractivity (Wildman–Crippen MR) is 151 cm³/mol. The number of pyridine rings is 1. The lowest BCUT2D eigenvalue weighted by Crippen LogP contribution is -2.42. The van der Waals surface area contributed by atoms with Crippen molar-refractivity contribution in [1.29, 1.82) is 0 Å². The van der Waals surface area contributed by atoms with Crippen LogP contribution in [0.4, 0.5) is 4.79 Å². The molecule has 6 rings (SSSR count). The zero-order valence-corrected chi connectivity index (χ0v) is 21.1. The van der Waals surface area contributed by atoms with Gasteiger partial charge in [-0.25, -0.2) is 9.59 Å². The fraction of sp³-hybridized carbons (Fsp3) is 0.121. The topological polar surface area (TPSA) is 88.5 Å². The molecule has 0 aliphatic heterocycles. The average molecular weight is 515 g/mol. The van der Waals surface area contributed by atoms with Crippen molar-refractivity contribution < 1.29 is 19.4 Å². The van der Waals surface area contributed by atoms with Crippen molar-refractivity contribution in [2.24, 2.45) is 0 Å². The van der Waals surface area contributed by atoms with Gasteiger partial charge in [-0.2, -0.15) is 0 Å². The molecule has 39 heavy (non-hydrogen) atoms. The Labute approximate surface area is 225 Å². The van der Waals surface area contributed by atoms with Crippen LogP contribution in [0.3, 0.4) is 0 Å². The van der Waals surface area contributed by atoms with Crippen LogP contribution in [0.1, 0.15) is 22.6 Å². The molecule has 6 nitrogen and oxygen atoms in total. The Hall–Kier alpha value is -4.97. The number of carbonyl (C=O) groups excluding carboxylic acids is 1. The van der Waals surface area contributed by atoms with Crippen molar-refractivity contribution in [3.63, 3.8) is 0 Å². The second-order valence-corrected chi connectivity index (χ2v) is 9.64. The smallest absolute Gasteiger partial charge is 0.407 e. The van der Waals surface area contributed by atoms with Gasteiger partial charge >= 0.3 is 12.1 Å². The molecule has 1 aliphatic rings. The molecule has 0 fully saturated rings. The number of hydrogen-bond donors (Lipinski definition) is 2. The Morgan fingerprint density at radius 3 is 2.13 bits per heavy atom. The largest absolute Gasteiger partial charge is 0.480 e. The van der Waals surface area contributed by atoms with Crippen molar-refractivity contribution in [2.75, 3.05) is 6.61 Å². The minimum Gasteiger partial charge on any atom is -0.480 e. The Balaban J connectivity index is 1.12. The quantitative estimate of drug-likeness (QED) is 0.261. The van der Waals surface area contributed by atoms with E-state index in [1.54, 1.807) is 6.20 Å². The third-order valence-electron chi connectivity index (χ3n) is 7.29.